The van der Waals surface area contributed by atoms with Crippen molar-refractivity contribution >= 4 is 23.2 Å². The van der Waals surface area contributed by atoms with Gasteiger partial charge >= 0.3 is 0 Å². The number of aryl methyl sites for hydroxylation is 2. The van der Waals surface area contributed by atoms with Gasteiger partial charge in [-0.25, -0.2) is 0 Å². The molecule has 116 valence electrons. The number of carbonyl (C=O) groups excluding carboxylic acids is 1. The molecule has 0 fully saturated rings. The molecule has 0 atom stereocenters. The van der Waals surface area contributed by atoms with Gasteiger partial charge in [-0.3, -0.25) is 4.79 Å². The van der Waals surface area contributed by atoms with Gasteiger partial charge in [-0.1, -0.05) is 35.0 Å². The molecular weight excluding hydrogens is 314 g/mol. The van der Waals surface area contributed by atoms with Crippen LogP contribution in [0.1, 0.15) is 21.8 Å². The molecular formula is C17H14ClN3O2. The van der Waals surface area contributed by atoms with Crippen molar-refractivity contribution in [3.8, 4) is 11.4 Å². The summed E-state index contributed by atoms with van der Waals surface area (Å²) in [6, 6.07) is 12.4. The molecule has 3 aromatic rings. The first-order valence-corrected chi connectivity index (χ1v) is 7.39. The number of hydrogen-bond donors (Lipinski definition) is 1. The first kappa shape index (κ1) is 15.2. The van der Waals surface area contributed by atoms with Crippen LogP contribution in [0.2, 0.25) is 5.02 Å². The van der Waals surface area contributed by atoms with Gasteiger partial charge in [0.2, 0.25) is 11.7 Å². The van der Waals surface area contributed by atoms with E-state index in [0.29, 0.717) is 28.0 Å². The summed E-state index contributed by atoms with van der Waals surface area (Å²) in [5.74, 6) is 0.762. The van der Waals surface area contributed by atoms with Gasteiger partial charge in [-0.05, 0) is 36.8 Å². The van der Waals surface area contributed by atoms with Crippen LogP contribution in [0.25, 0.3) is 11.4 Å². The lowest BCUT2D eigenvalue weighted by atomic mass is 10.1. The van der Waals surface area contributed by atoms with Crippen LogP contribution in [0.5, 0.6) is 0 Å². The molecule has 23 heavy (non-hydrogen) atoms. The standard InChI is InChI=1S/C17H14ClN3O2/c1-10-3-8-15(14(18)9-10)20-17(22)13-6-4-12(5-7-13)16-19-11(2)23-21-16/h3-9H,1-2H3,(H,20,22). The number of halogens is 1. The summed E-state index contributed by atoms with van der Waals surface area (Å²) >= 11 is 6.13. The van der Waals surface area contributed by atoms with E-state index in [4.69, 9.17) is 16.1 Å². The van der Waals surface area contributed by atoms with E-state index in [1.165, 1.54) is 0 Å². The maximum atomic E-state index is 12.3. The lowest BCUT2D eigenvalue weighted by molar-refractivity contribution is 0.102. The molecule has 1 amide bonds. The Morgan fingerprint density at radius 3 is 2.48 bits per heavy atom. The molecule has 0 unspecified atom stereocenters. The molecule has 5 nitrogen and oxygen atoms in total. The van der Waals surface area contributed by atoms with E-state index in [0.717, 1.165) is 11.1 Å². The summed E-state index contributed by atoms with van der Waals surface area (Å²) in [5, 5.41) is 7.15. The maximum absolute atomic E-state index is 12.3. The first-order valence-electron chi connectivity index (χ1n) is 7.01. The minimum atomic E-state index is -0.230. The Bertz CT molecular complexity index is 857. The van der Waals surface area contributed by atoms with Gasteiger partial charge in [0.25, 0.3) is 5.91 Å². The molecule has 0 aliphatic carbocycles. The number of hydrogen-bond acceptors (Lipinski definition) is 4. The van der Waals surface area contributed by atoms with Crippen molar-refractivity contribution in [2.24, 2.45) is 0 Å². The third kappa shape index (κ3) is 3.40. The largest absolute Gasteiger partial charge is 0.339 e. The SMILES string of the molecule is Cc1ccc(NC(=O)c2ccc(-c3noc(C)n3)cc2)c(Cl)c1. The van der Waals surface area contributed by atoms with Gasteiger partial charge in [0.05, 0.1) is 10.7 Å². The fourth-order valence-electron chi connectivity index (χ4n) is 2.10. The van der Waals surface area contributed by atoms with E-state index in [1.807, 2.05) is 13.0 Å². The van der Waals surface area contributed by atoms with Gasteiger partial charge in [-0.2, -0.15) is 4.98 Å². The van der Waals surface area contributed by atoms with Crippen LogP contribution in [0.15, 0.2) is 47.0 Å². The average molecular weight is 328 g/mol. The van der Waals surface area contributed by atoms with Crippen LogP contribution < -0.4 is 5.32 Å². The first-order chi connectivity index (χ1) is 11.0. The number of anilines is 1. The predicted molar refractivity (Wildman–Crippen MR) is 88.6 cm³/mol. The zero-order chi connectivity index (χ0) is 16.4. The second kappa shape index (κ2) is 6.22. The van der Waals surface area contributed by atoms with Crippen LogP contribution in [-0.4, -0.2) is 16.0 Å². The highest BCUT2D eigenvalue weighted by Gasteiger charge is 2.10. The lowest BCUT2D eigenvalue weighted by Gasteiger charge is -2.08. The summed E-state index contributed by atoms with van der Waals surface area (Å²) < 4.78 is 4.94. The molecule has 1 N–H and O–H groups in total. The fourth-order valence-corrected chi connectivity index (χ4v) is 2.39. The molecule has 1 heterocycles. The highest BCUT2D eigenvalue weighted by molar-refractivity contribution is 6.34. The highest BCUT2D eigenvalue weighted by atomic mass is 35.5. The van der Waals surface area contributed by atoms with E-state index in [1.54, 1.807) is 43.3 Å². The lowest BCUT2D eigenvalue weighted by Crippen LogP contribution is -2.12. The number of nitrogens with zero attached hydrogens (tertiary/aromatic N) is 2. The molecule has 0 bridgehead atoms. The van der Waals surface area contributed by atoms with E-state index < -0.39 is 0 Å². The summed E-state index contributed by atoms with van der Waals surface area (Å²) in [5.41, 5.74) is 2.92. The molecule has 0 aliphatic heterocycles. The van der Waals surface area contributed by atoms with Crippen molar-refractivity contribution < 1.29 is 9.32 Å². The van der Waals surface area contributed by atoms with Crippen LogP contribution in [0.4, 0.5) is 5.69 Å². The van der Waals surface area contributed by atoms with Crippen molar-refractivity contribution in [3.63, 3.8) is 0 Å². The summed E-state index contributed by atoms with van der Waals surface area (Å²) in [6.07, 6.45) is 0. The van der Waals surface area contributed by atoms with Crippen molar-refractivity contribution in [2.75, 3.05) is 5.32 Å². The van der Waals surface area contributed by atoms with Crippen LogP contribution in [0.3, 0.4) is 0 Å². The monoisotopic (exact) mass is 327 g/mol. The second-order valence-corrected chi connectivity index (χ2v) is 5.56. The van der Waals surface area contributed by atoms with Crippen molar-refractivity contribution in [1.82, 2.24) is 10.1 Å². The van der Waals surface area contributed by atoms with Gasteiger partial charge in [0.15, 0.2) is 0 Å². The Morgan fingerprint density at radius 1 is 1.13 bits per heavy atom. The van der Waals surface area contributed by atoms with Gasteiger partial charge in [-0.15, -0.1) is 0 Å². The average Bonchev–Trinajstić information content (AvgIpc) is 2.97. The molecule has 0 aliphatic rings. The zero-order valence-corrected chi connectivity index (χ0v) is 13.4. The molecule has 0 saturated heterocycles. The Balaban J connectivity index is 1.77. The van der Waals surface area contributed by atoms with E-state index in [9.17, 15) is 4.79 Å². The van der Waals surface area contributed by atoms with E-state index in [-0.39, 0.29) is 5.91 Å². The smallest absolute Gasteiger partial charge is 0.255 e. The molecule has 1 aromatic heterocycles. The predicted octanol–water partition coefficient (Wildman–Crippen LogP) is 4.26. The van der Waals surface area contributed by atoms with Gasteiger partial charge < -0.3 is 9.84 Å². The highest BCUT2D eigenvalue weighted by Crippen LogP contribution is 2.23. The Morgan fingerprint density at radius 2 is 1.87 bits per heavy atom. The van der Waals surface area contributed by atoms with E-state index in [2.05, 4.69) is 15.5 Å². The van der Waals surface area contributed by atoms with Crippen molar-refractivity contribution in [2.45, 2.75) is 13.8 Å². The third-order valence-corrected chi connectivity index (χ3v) is 3.62. The zero-order valence-electron chi connectivity index (χ0n) is 12.6. The molecule has 2 aromatic carbocycles. The van der Waals surface area contributed by atoms with Crippen molar-refractivity contribution in [3.05, 3.63) is 64.5 Å². The molecule has 6 heteroatoms. The minimum Gasteiger partial charge on any atom is -0.339 e. The maximum Gasteiger partial charge on any atom is 0.255 e. The number of benzene rings is 2. The molecule has 3 rings (SSSR count). The van der Waals surface area contributed by atoms with Gasteiger partial charge in [0.1, 0.15) is 0 Å². The molecule has 0 saturated carbocycles. The van der Waals surface area contributed by atoms with Crippen LogP contribution >= 0.6 is 11.6 Å². The normalized spacial score (nSPS) is 10.6. The number of aromatic nitrogens is 2. The van der Waals surface area contributed by atoms with E-state index >= 15 is 0 Å². The number of nitrogens with one attached hydrogen (secondary N) is 1. The quantitative estimate of drug-likeness (QED) is 0.780. The third-order valence-electron chi connectivity index (χ3n) is 3.31. The number of amides is 1. The Hall–Kier alpha value is -2.66. The minimum absolute atomic E-state index is 0.230. The Labute approximate surface area is 138 Å². The topological polar surface area (TPSA) is 68.0 Å². The summed E-state index contributed by atoms with van der Waals surface area (Å²) in [7, 11) is 0. The molecule has 0 spiro atoms. The van der Waals surface area contributed by atoms with Crippen molar-refractivity contribution in [1.29, 1.82) is 0 Å². The summed E-state index contributed by atoms with van der Waals surface area (Å²) in [6.45, 7) is 3.67. The second-order valence-electron chi connectivity index (χ2n) is 5.15. The molecule has 0 radical (unpaired) electrons. The number of carbonyl (C=O) groups is 1. The fraction of sp³-hybridized carbons (Fsp3) is 0.118. The van der Waals surface area contributed by atoms with Crippen LogP contribution in [0, 0.1) is 13.8 Å². The summed E-state index contributed by atoms with van der Waals surface area (Å²) in [4.78, 5) is 16.4. The Kier molecular flexibility index (Phi) is 4.12. The number of rotatable bonds is 3. The van der Waals surface area contributed by atoms with Crippen LogP contribution in [-0.2, 0) is 0 Å². The van der Waals surface area contributed by atoms with Gasteiger partial charge in [0, 0.05) is 18.1 Å².